The minimum absolute atomic E-state index is 0.0980. The van der Waals surface area contributed by atoms with Crippen LogP contribution in [0, 0.1) is 5.92 Å². The summed E-state index contributed by atoms with van der Waals surface area (Å²) in [4.78, 5) is 42.3. The summed E-state index contributed by atoms with van der Waals surface area (Å²) in [5.74, 6) is -0.204. The second-order valence-electron chi connectivity index (χ2n) is 8.88. The third-order valence-electron chi connectivity index (χ3n) is 6.65. The van der Waals surface area contributed by atoms with Gasteiger partial charge in [-0.05, 0) is 56.1 Å². The minimum Gasteiger partial charge on any atom is -0.368 e. The van der Waals surface area contributed by atoms with Gasteiger partial charge in [-0.2, -0.15) is 0 Å². The highest BCUT2D eigenvalue weighted by Crippen LogP contribution is 2.35. The van der Waals surface area contributed by atoms with Crippen molar-refractivity contribution < 1.29 is 14.4 Å². The molecule has 7 heteroatoms. The lowest BCUT2D eigenvalue weighted by molar-refractivity contribution is -0.131. The molecule has 4 N–H and O–H groups in total. The van der Waals surface area contributed by atoms with E-state index in [1.54, 1.807) is 0 Å². The van der Waals surface area contributed by atoms with E-state index in [4.69, 9.17) is 5.73 Å². The lowest BCUT2D eigenvalue weighted by Crippen LogP contribution is -2.45. The maximum absolute atomic E-state index is 12.8. The summed E-state index contributed by atoms with van der Waals surface area (Å²) in [6.07, 6.45) is 11.0. The average molecular weight is 437 g/mol. The largest absolute Gasteiger partial charge is 0.368 e. The number of hydrogen-bond acceptors (Lipinski definition) is 3. The highest BCUT2D eigenvalue weighted by atomic mass is 16.2. The summed E-state index contributed by atoms with van der Waals surface area (Å²) in [7, 11) is 0. The lowest BCUT2D eigenvalue weighted by Gasteiger charge is -2.38. The normalized spacial score (nSPS) is 19.2. The molecule has 0 saturated carbocycles. The molecular weight excluding hydrogens is 404 g/mol. The molecule has 2 aromatic rings. The SMILES string of the molecule is NC(=O)[C@H](Cc1c[nH]c2ccccc12)NC(=O)CCCC(=O)N1CCCC2CCCC=C21. The topological polar surface area (TPSA) is 108 Å². The third-order valence-corrected chi connectivity index (χ3v) is 6.65. The molecular formula is C25H32N4O3. The number of fused-ring (bicyclic) bond motifs is 2. The zero-order chi connectivity index (χ0) is 22.5. The first-order valence-electron chi connectivity index (χ1n) is 11.7. The molecule has 1 aromatic carbocycles. The van der Waals surface area contributed by atoms with Crippen LogP contribution in [0.15, 0.2) is 42.2 Å². The fraction of sp³-hybridized carbons (Fsp3) is 0.480. The van der Waals surface area contributed by atoms with Crippen LogP contribution in [0.1, 0.15) is 56.9 Å². The van der Waals surface area contributed by atoms with Gasteiger partial charge in [0.25, 0.3) is 0 Å². The number of nitrogens with zero attached hydrogens (tertiary/aromatic N) is 1. The number of allylic oxidation sites excluding steroid dienone is 2. The van der Waals surface area contributed by atoms with E-state index >= 15 is 0 Å². The van der Waals surface area contributed by atoms with Gasteiger partial charge in [0.05, 0.1) is 0 Å². The van der Waals surface area contributed by atoms with E-state index in [1.165, 1.54) is 25.0 Å². The Morgan fingerprint density at radius 3 is 2.81 bits per heavy atom. The standard InChI is InChI=1S/C25H32N4O3/c26-25(32)21(15-18-16-27-20-10-3-2-9-19(18)20)28-23(30)12-5-13-24(31)29-14-6-8-17-7-1-4-11-22(17)29/h2-3,9-11,16-17,21,27H,1,4-8,12-15H2,(H2,26,32)(H,28,30)/t17?,21-/m0/s1. The molecule has 2 atom stereocenters. The van der Waals surface area contributed by atoms with Crippen LogP contribution in [0.3, 0.4) is 0 Å². The summed E-state index contributed by atoms with van der Waals surface area (Å²) < 4.78 is 0. The first-order valence-corrected chi connectivity index (χ1v) is 11.7. The fourth-order valence-corrected chi connectivity index (χ4v) is 4.99. The Hall–Kier alpha value is -3.09. The maximum Gasteiger partial charge on any atom is 0.240 e. The quantitative estimate of drug-likeness (QED) is 0.591. The molecule has 1 aliphatic heterocycles. The van der Waals surface area contributed by atoms with Gasteiger partial charge in [-0.3, -0.25) is 14.4 Å². The molecule has 4 rings (SSSR count). The molecule has 1 unspecified atom stereocenters. The van der Waals surface area contributed by atoms with Gasteiger partial charge in [-0.1, -0.05) is 24.3 Å². The molecule has 3 amide bonds. The molecule has 0 radical (unpaired) electrons. The van der Waals surface area contributed by atoms with E-state index < -0.39 is 11.9 Å². The number of primary amides is 1. The van der Waals surface area contributed by atoms with E-state index in [9.17, 15) is 14.4 Å². The highest BCUT2D eigenvalue weighted by molar-refractivity contribution is 5.89. The number of carbonyl (C=O) groups excluding carboxylic acids is 3. The molecule has 7 nitrogen and oxygen atoms in total. The van der Waals surface area contributed by atoms with Crippen LogP contribution >= 0.6 is 0 Å². The molecule has 0 bridgehead atoms. The van der Waals surface area contributed by atoms with Crippen molar-refractivity contribution in [1.29, 1.82) is 0 Å². The van der Waals surface area contributed by atoms with Crippen molar-refractivity contribution >= 4 is 28.6 Å². The minimum atomic E-state index is -0.785. The zero-order valence-corrected chi connectivity index (χ0v) is 18.4. The number of nitrogens with one attached hydrogen (secondary N) is 2. The van der Waals surface area contributed by atoms with Crippen molar-refractivity contribution in [3.63, 3.8) is 0 Å². The molecule has 2 aliphatic rings. The molecule has 1 aromatic heterocycles. The van der Waals surface area contributed by atoms with E-state index in [2.05, 4.69) is 16.4 Å². The van der Waals surface area contributed by atoms with Gasteiger partial charge in [0.2, 0.25) is 17.7 Å². The number of hydrogen-bond donors (Lipinski definition) is 3. The Kier molecular flexibility index (Phi) is 6.93. The number of carbonyl (C=O) groups is 3. The van der Waals surface area contributed by atoms with E-state index in [0.717, 1.165) is 35.9 Å². The van der Waals surface area contributed by atoms with Crippen LogP contribution in [0.4, 0.5) is 0 Å². The molecule has 1 saturated heterocycles. The highest BCUT2D eigenvalue weighted by Gasteiger charge is 2.30. The van der Waals surface area contributed by atoms with Gasteiger partial charge >= 0.3 is 0 Å². The second-order valence-corrected chi connectivity index (χ2v) is 8.88. The first-order chi connectivity index (χ1) is 15.5. The zero-order valence-electron chi connectivity index (χ0n) is 18.4. The number of aromatic amines is 1. The van der Waals surface area contributed by atoms with Crippen LogP contribution < -0.4 is 11.1 Å². The van der Waals surface area contributed by atoms with Crippen molar-refractivity contribution in [1.82, 2.24) is 15.2 Å². The second kappa shape index (κ2) is 10.0. The molecule has 170 valence electrons. The molecule has 1 aliphatic carbocycles. The molecule has 1 fully saturated rings. The monoisotopic (exact) mass is 436 g/mol. The third kappa shape index (κ3) is 5.03. The lowest BCUT2D eigenvalue weighted by atomic mass is 9.85. The Morgan fingerprint density at radius 2 is 1.97 bits per heavy atom. The van der Waals surface area contributed by atoms with E-state index in [0.29, 0.717) is 25.2 Å². The number of nitrogens with two attached hydrogens (primary N) is 1. The smallest absolute Gasteiger partial charge is 0.240 e. The Balaban J connectivity index is 1.28. The van der Waals surface area contributed by atoms with Crippen molar-refractivity contribution in [3.05, 3.63) is 47.8 Å². The summed E-state index contributed by atoms with van der Waals surface area (Å²) >= 11 is 0. The van der Waals surface area contributed by atoms with Crippen molar-refractivity contribution in [2.45, 2.75) is 63.8 Å². The number of benzene rings is 1. The van der Waals surface area contributed by atoms with E-state index in [-0.39, 0.29) is 18.2 Å². The first kappa shape index (κ1) is 22.1. The van der Waals surface area contributed by atoms with Crippen LogP contribution in [-0.2, 0) is 20.8 Å². The number of rotatable bonds is 8. The van der Waals surface area contributed by atoms with Crippen molar-refractivity contribution in [2.24, 2.45) is 11.7 Å². The van der Waals surface area contributed by atoms with Gasteiger partial charge in [0.15, 0.2) is 0 Å². The summed E-state index contributed by atoms with van der Waals surface area (Å²) in [6, 6.07) is 7.02. The van der Waals surface area contributed by atoms with Crippen LogP contribution in [0.2, 0.25) is 0 Å². The molecule has 0 spiro atoms. The fourth-order valence-electron chi connectivity index (χ4n) is 4.99. The number of piperidine rings is 1. The predicted octanol–water partition coefficient (Wildman–Crippen LogP) is 3.16. The van der Waals surface area contributed by atoms with Gasteiger partial charge in [-0.15, -0.1) is 0 Å². The van der Waals surface area contributed by atoms with Gasteiger partial charge in [0.1, 0.15) is 6.04 Å². The van der Waals surface area contributed by atoms with Crippen LogP contribution in [0.5, 0.6) is 0 Å². The summed E-state index contributed by atoms with van der Waals surface area (Å²) in [5.41, 5.74) is 8.66. The molecule has 2 heterocycles. The Labute approximate surface area is 188 Å². The van der Waals surface area contributed by atoms with Crippen LogP contribution in [0.25, 0.3) is 10.9 Å². The van der Waals surface area contributed by atoms with Gasteiger partial charge < -0.3 is 20.9 Å². The molecule has 32 heavy (non-hydrogen) atoms. The Bertz CT molecular complexity index is 1030. The van der Waals surface area contributed by atoms with E-state index in [1.807, 2.05) is 35.4 Å². The van der Waals surface area contributed by atoms with Crippen molar-refractivity contribution in [2.75, 3.05) is 6.54 Å². The predicted molar refractivity (Wildman–Crippen MR) is 123 cm³/mol. The maximum atomic E-state index is 12.8. The number of H-pyrrole nitrogens is 1. The van der Waals surface area contributed by atoms with Crippen molar-refractivity contribution in [3.8, 4) is 0 Å². The number of para-hydroxylation sites is 1. The number of amides is 3. The number of aromatic nitrogens is 1. The Morgan fingerprint density at radius 1 is 1.16 bits per heavy atom. The van der Waals surface area contributed by atoms with Gasteiger partial charge in [-0.25, -0.2) is 0 Å². The average Bonchev–Trinajstić information content (AvgIpc) is 3.21. The number of likely N-dealkylation sites (tertiary alicyclic amines) is 1. The summed E-state index contributed by atoms with van der Waals surface area (Å²) in [6.45, 7) is 0.779. The van der Waals surface area contributed by atoms with Gasteiger partial charge in [0, 0.05) is 48.6 Å². The summed E-state index contributed by atoms with van der Waals surface area (Å²) in [5, 5.41) is 3.76. The van der Waals surface area contributed by atoms with Crippen LogP contribution in [-0.4, -0.2) is 40.2 Å².